The highest BCUT2D eigenvalue weighted by atomic mass is 19.3. The average Bonchev–Trinajstić information content (AvgIpc) is 3.01. The zero-order valence-corrected chi connectivity index (χ0v) is 15.2. The van der Waals surface area contributed by atoms with Crippen molar-refractivity contribution in [2.24, 2.45) is 0 Å². The van der Waals surface area contributed by atoms with Crippen molar-refractivity contribution in [2.75, 3.05) is 11.9 Å². The number of fused-ring (bicyclic) bond motifs is 1. The van der Waals surface area contributed by atoms with Crippen LogP contribution in [0.4, 0.5) is 14.5 Å². The van der Waals surface area contributed by atoms with Gasteiger partial charge >= 0.3 is 6.61 Å². The molecule has 1 aromatic heterocycles. The molecule has 146 valence electrons. The van der Waals surface area contributed by atoms with Gasteiger partial charge < -0.3 is 19.2 Å². The van der Waals surface area contributed by atoms with E-state index in [0.717, 1.165) is 0 Å². The fourth-order valence-electron chi connectivity index (χ4n) is 2.57. The summed E-state index contributed by atoms with van der Waals surface area (Å²) in [7, 11) is 0. The van der Waals surface area contributed by atoms with Gasteiger partial charge in [0.1, 0.15) is 5.52 Å². The van der Waals surface area contributed by atoms with Crippen molar-refractivity contribution in [2.45, 2.75) is 20.5 Å². The number of oxazole rings is 1. The Hall–Kier alpha value is -3.42. The lowest BCUT2D eigenvalue weighted by molar-refractivity contribution is -0.111. The second-order valence-electron chi connectivity index (χ2n) is 5.76. The third kappa shape index (κ3) is 4.85. The number of aromatic nitrogens is 1. The SMILES string of the molecule is CCOc1cc(/C=C/C(=O)Nc2ccc3oc(C)nc3c2)ccc1OC(F)F. The summed E-state index contributed by atoms with van der Waals surface area (Å²) in [6, 6.07) is 9.59. The lowest BCUT2D eigenvalue weighted by atomic mass is 10.2. The maximum absolute atomic E-state index is 12.4. The molecule has 0 unspecified atom stereocenters. The van der Waals surface area contributed by atoms with Gasteiger partial charge in [0.25, 0.3) is 0 Å². The number of anilines is 1. The maximum Gasteiger partial charge on any atom is 0.387 e. The average molecular weight is 388 g/mol. The molecule has 0 spiro atoms. The summed E-state index contributed by atoms with van der Waals surface area (Å²) >= 11 is 0. The minimum Gasteiger partial charge on any atom is -0.490 e. The third-order valence-corrected chi connectivity index (χ3v) is 3.67. The molecule has 8 heteroatoms. The zero-order valence-electron chi connectivity index (χ0n) is 15.2. The van der Waals surface area contributed by atoms with Gasteiger partial charge in [0.05, 0.1) is 6.61 Å². The first-order chi connectivity index (χ1) is 13.4. The Labute approximate surface area is 159 Å². The minimum absolute atomic E-state index is 0.0605. The fraction of sp³-hybridized carbons (Fsp3) is 0.200. The molecule has 1 amide bonds. The number of nitrogens with zero attached hydrogens (tertiary/aromatic N) is 1. The highest BCUT2D eigenvalue weighted by Crippen LogP contribution is 2.30. The number of aryl methyl sites for hydroxylation is 1. The summed E-state index contributed by atoms with van der Waals surface area (Å²) in [5.41, 5.74) is 2.46. The predicted molar refractivity (Wildman–Crippen MR) is 101 cm³/mol. The second-order valence-corrected chi connectivity index (χ2v) is 5.76. The lowest BCUT2D eigenvalue weighted by Gasteiger charge is -2.11. The molecule has 1 heterocycles. The monoisotopic (exact) mass is 388 g/mol. The van der Waals surface area contributed by atoms with Crippen molar-refractivity contribution in [1.29, 1.82) is 0 Å². The van der Waals surface area contributed by atoms with Gasteiger partial charge in [0.15, 0.2) is 23.0 Å². The Bertz CT molecular complexity index is 1010. The number of amides is 1. The van der Waals surface area contributed by atoms with Gasteiger partial charge in [-0.3, -0.25) is 4.79 Å². The topological polar surface area (TPSA) is 73.6 Å². The standard InChI is InChI=1S/C20H18F2N2O4/c1-3-26-18-10-13(4-7-17(18)28-20(21)22)5-9-19(25)24-14-6-8-16-15(11-14)23-12(2)27-16/h4-11,20H,3H2,1-2H3,(H,24,25)/b9-5+. The van der Waals surface area contributed by atoms with Gasteiger partial charge in [0, 0.05) is 18.7 Å². The van der Waals surface area contributed by atoms with E-state index in [9.17, 15) is 13.6 Å². The number of rotatable bonds is 7. The largest absolute Gasteiger partial charge is 0.490 e. The highest BCUT2D eigenvalue weighted by molar-refractivity contribution is 6.02. The lowest BCUT2D eigenvalue weighted by Crippen LogP contribution is -2.07. The van der Waals surface area contributed by atoms with Crippen LogP contribution in [0, 0.1) is 6.92 Å². The minimum atomic E-state index is -2.95. The molecule has 0 aliphatic heterocycles. The molecule has 28 heavy (non-hydrogen) atoms. The molecule has 0 saturated carbocycles. The van der Waals surface area contributed by atoms with Crippen molar-refractivity contribution in [3.8, 4) is 11.5 Å². The number of ether oxygens (including phenoxy) is 2. The molecule has 6 nitrogen and oxygen atoms in total. The molecular formula is C20H18F2N2O4. The van der Waals surface area contributed by atoms with Crippen molar-refractivity contribution >= 4 is 28.8 Å². The molecule has 0 aliphatic carbocycles. The summed E-state index contributed by atoms with van der Waals surface area (Å²) in [6.07, 6.45) is 2.87. The van der Waals surface area contributed by atoms with Gasteiger partial charge in [-0.1, -0.05) is 6.07 Å². The van der Waals surface area contributed by atoms with E-state index in [1.807, 2.05) is 0 Å². The smallest absolute Gasteiger partial charge is 0.387 e. The van der Waals surface area contributed by atoms with Gasteiger partial charge in [0.2, 0.25) is 5.91 Å². The van der Waals surface area contributed by atoms with Crippen molar-refractivity contribution in [3.63, 3.8) is 0 Å². The molecule has 0 aliphatic rings. The Morgan fingerprint density at radius 1 is 1.25 bits per heavy atom. The Kier molecular flexibility index (Phi) is 5.88. The van der Waals surface area contributed by atoms with Gasteiger partial charge in [-0.05, 0) is 48.9 Å². The van der Waals surface area contributed by atoms with Crippen LogP contribution in [0.3, 0.4) is 0 Å². The number of hydrogen-bond donors (Lipinski definition) is 1. The van der Waals surface area contributed by atoms with E-state index < -0.39 is 6.61 Å². The van der Waals surface area contributed by atoms with Gasteiger partial charge in [-0.25, -0.2) is 4.98 Å². The summed E-state index contributed by atoms with van der Waals surface area (Å²) in [4.78, 5) is 16.4. The van der Waals surface area contributed by atoms with Gasteiger partial charge in [-0.15, -0.1) is 0 Å². The van der Waals surface area contributed by atoms with E-state index in [2.05, 4.69) is 15.0 Å². The number of halogens is 2. The number of alkyl halides is 2. The first-order valence-corrected chi connectivity index (χ1v) is 8.52. The molecule has 0 saturated heterocycles. The zero-order chi connectivity index (χ0) is 20.1. The van der Waals surface area contributed by atoms with Crippen LogP contribution in [0.5, 0.6) is 11.5 Å². The molecule has 2 aromatic carbocycles. The van der Waals surface area contributed by atoms with Crippen molar-refractivity contribution in [3.05, 3.63) is 53.9 Å². The Morgan fingerprint density at radius 2 is 2.07 bits per heavy atom. The molecule has 3 rings (SSSR count). The molecule has 1 N–H and O–H groups in total. The van der Waals surface area contributed by atoms with E-state index in [1.54, 1.807) is 44.2 Å². The van der Waals surface area contributed by atoms with Crippen LogP contribution >= 0.6 is 0 Å². The van der Waals surface area contributed by atoms with E-state index in [0.29, 0.717) is 28.2 Å². The van der Waals surface area contributed by atoms with E-state index in [-0.39, 0.29) is 24.0 Å². The normalized spacial score (nSPS) is 11.3. The summed E-state index contributed by atoms with van der Waals surface area (Å²) in [5, 5.41) is 2.73. The molecule has 3 aromatic rings. The van der Waals surface area contributed by atoms with Crippen molar-refractivity contribution < 1.29 is 27.5 Å². The van der Waals surface area contributed by atoms with Crippen LogP contribution in [-0.2, 0) is 4.79 Å². The van der Waals surface area contributed by atoms with Crippen LogP contribution in [0.1, 0.15) is 18.4 Å². The first-order valence-electron chi connectivity index (χ1n) is 8.52. The van der Waals surface area contributed by atoms with E-state index >= 15 is 0 Å². The summed E-state index contributed by atoms with van der Waals surface area (Å²) in [6.45, 7) is 0.819. The number of hydrogen-bond acceptors (Lipinski definition) is 5. The number of benzene rings is 2. The first kappa shape index (κ1) is 19.3. The fourth-order valence-corrected chi connectivity index (χ4v) is 2.57. The third-order valence-electron chi connectivity index (χ3n) is 3.67. The number of carbonyl (C=O) groups excluding carboxylic acids is 1. The van der Waals surface area contributed by atoms with Crippen LogP contribution < -0.4 is 14.8 Å². The van der Waals surface area contributed by atoms with Crippen LogP contribution in [0.25, 0.3) is 17.2 Å². The molecule has 0 radical (unpaired) electrons. The molecule has 0 bridgehead atoms. The van der Waals surface area contributed by atoms with Crippen molar-refractivity contribution in [1.82, 2.24) is 4.98 Å². The molecule has 0 fully saturated rings. The van der Waals surface area contributed by atoms with Gasteiger partial charge in [-0.2, -0.15) is 8.78 Å². The molecule has 0 atom stereocenters. The second kappa shape index (κ2) is 8.51. The van der Waals surface area contributed by atoms with E-state index in [4.69, 9.17) is 9.15 Å². The quantitative estimate of drug-likeness (QED) is 0.589. The van der Waals surface area contributed by atoms with Crippen LogP contribution in [0.15, 0.2) is 46.9 Å². The predicted octanol–water partition coefficient (Wildman–Crippen LogP) is 4.79. The number of nitrogens with one attached hydrogen (secondary N) is 1. The Balaban J connectivity index is 1.70. The van der Waals surface area contributed by atoms with Crippen LogP contribution in [-0.4, -0.2) is 24.1 Å². The maximum atomic E-state index is 12.4. The summed E-state index contributed by atoms with van der Waals surface area (Å²) < 4.78 is 40.0. The summed E-state index contributed by atoms with van der Waals surface area (Å²) in [5.74, 6) is 0.306. The Morgan fingerprint density at radius 3 is 2.82 bits per heavy atom. The molecular weight excluding hydrogens is 370 g/mol. The van der Waals surface area contributed by atoms with E-state index in [1.165, 1.54) is 18.2 Å². The number of carbonyl (C=O) groups is 1. The van der Waals surface area contributed by atoms with Crippen LogP contribution in [0.2, 0.25) is 0 Å². The highest BCUT2D eigenvalue weighted by Gasteiger charge is 2.11.